The maximum atomic E-state index is 13.2. The molecule has 0 bridgehead atoms. The second kappa shape index (κ2) is 7.25. The topological polar surface area (TPSA) is 29.1 Å². The van der Waals surface area contributed by atoms with E-state index < -0.39 is 5.82 Å². The molecule has 0 fully saturated rings. The predicted octanol–water partition coefficient (Wildman–Crippen LogP) is 4.87. The molecule has 21 heavy (non-hydrogen) atoms. The van der Waals surface area contributed by atoms with E-state index in [1.54, 1.807) is 12.1 Å². The van der Waals surface area contributed by atoms with Crippen molar-refractivity contribution in [3.63, 3.8) is 0 Å². The first kappa shape index (κ1) is 16.3. The largest absolute Gasteiger partial charge is 0.352 e. The molecule has 6 heteroatoms. The first-order chi connectivity index (χ1) is 9.97. The van der Waals surface area contributed by atoms with Crippen LogP contribution in [0.4, 0.5) is 4.39 Å². The summed E-state index contributed by atoms with van der Waals surface area (Å²) in [4.78, 5) is 12.0. The number of carbonyl (C=O) groups is 1. The molecule has 0 saturated carbocycles. The van der Waals surface area contributed by atoms with Gasteiger partial charge in [-0.1, -0.05) is 29.3 Å². The van der Waals surface area contributed by atoms with Crippen molar-refractivity contribution in [3.8, 4) is 0 Å². The van der Waals surface area contributed by atoms with Gasteiger partial charge in [0.1, 0.15) is 5.82 Å². The van der Waals surface area contributed by atoms with Gasteiger partial charge in [0.15, 0.2) is 0 Å². The molecular weight excluding hydrogens is 380 g/mol. The van der Waals surface area contributed by atoms with Crippen molar-refractivity contribution in [1.29, 1.82) is 0 Å². The third-order valence-corrected chi connectivity index (χ3v) is 4.15. The van der Waals surface area contributed by atoms with Crippen LogP contribution in [0.15, 0.2) is 40.9 Å². The molecule has 0 aliphatic rings. The summed E-state index contributed by atoms with van der Waals surface area (Å²) in [5.74, 6) is -0.796. The zero-order valence-corrected chi connectivity index (χ0v) is 13.9. The number of nitrogens with one attached hydrogen (secondary N) is 1. The molecule has 0 aromatic heterocycles. The Hall–Kier alpha value is -1.10. The van der Waals surface area contributed by atoms with Crippen LogP contribution in [0, 0.1) is 5.82 Å². The van der Waals surface area contributed by atoms with Crippen LogP contribution in [0.5, 0.6) is 0 Å². The first-order valence-electron chi connectivity index (χ1n) is 6.14. The van der Waals surface area contributed by atoms with E-state index in [0.717, 1.165) is 5.56 Å². The quantitative estimate of drug-likeness (QED) is 0.792. The molecule has 0 atom stereocenters. The number of benzene rings is 2. The maximum absolute atomic E-state index is 13.2. The molecule has 0 aliphatic heterocycles. The van der Waals surface area contributed by atoms with Crippen LogP contribution in [0.25, 0.3) is 0 Å². The van der Waals surface area contributed by atoms with Crippen molar-refractivity contribution in [2.24, 2.45) is 0 Å². The monoisotopic (exact) mass is 389 g/mol. The van der Waals surface area contributed by atoms with Crippen LogP contribution in [0.2, 0.25) is 10.0 Å². The summed E-state index contributed by atoms with van der Waals surface area (Å²) in [5.41, 5.74) is 1.15. The molecule has 1 N–H and O–H groups in total. The van der Waals surface area contributed by atoms with Gasteiger partial charge >= 0.3 is 0 Å². The third-order valence-electron chi connectivity index (χ3n) is 2.87. The smallest absolute Gasteiger partial charge is 0.252 e. The minimum atomic E-state index is -0.455. The lowest BCUT2D eigenvalue weighted by atomic mass is 10.1. The fourth-order valence-electron chi connectivity index (χ4n) is 1.80. The minimum absolute atomic E-state index is 0.261. The van der Waals surface area contributed by atoms with Crippen LogP contribution in [-0.2, 0) is 6.42 Å². The van der Waals surface area contributed by atoms with Gasteiger partial charge in [0.05, 0.1) is 5.56 Å². The second-order valence-corrected chi connectivity index (χ2v) is 6.06. The average molecular weight is 391 g/mol. The van der Waals surface area contributed by atoms with E-state index in [1.165, 1.54) is 18.2 Å². The lowest BCUT2D eigenvalue weighted by molar-refractivity contribution is 0.0953. The molecule has 2 rings (SSSR count). The van der Waals surface area contributed by atoms with Crippen LogP contribution in [-0.4, -0.2) is 12.5 Å². The van der Waals surface area contributed by atoms with Crippen LogP contribution >= 0.6 is 39.1 Å². The fourth-order valence-corrected chi connectivity index (χ4v) is 2.73. The Balaban J connectivity index is 1.97. The molecular formula is C15H11BrCl2FNO. The number of amides is 1. The molecule has 0 unspecified atom stereocenters. The number of rotatable bonds is 4. The van der Waals surface area contributed by atoms with Gasteiger partial charge in [-0.3, -0.25) is 4.79 Å². The Morgan fingerprint density at radius 1 is 1.19 bits per heavy atom. The standard InChI is InChI=1S/C15H11BrCl2FNO/c16-13-4-3-11(19)8-12(13)15(21)20-6-5-9-1-2-10(17)7-14(9)18/h1-4,7-8H,5-6H2,(H,20,21). The van der Waals surface area contributed by atoms with Crippen molar-refractivity contribution in [2.75, 3.05) is 6.54 Å². The Kier molecular flexibility index (Phi) is 5.62. The van der Waals surface area contributed by atoms with Gasteiger partial charge in [0.25, 0.3) is 5.91 Å². The highest BCUT2D eigenvalue weighted by Gasteiger charge is 2.11. The minimum Gasteiger partial charge on any atom is -0.352 e. The lowest BCUT2D eigenvalue weighted by Gasteiger charge is -2.08. The Morgan fingerprint density at radius 2 is 1.95 bits per heavy atom. The number of carbonyl (C=O) groups excluding carboxylic acids is 1. The van der Waals surface area contributed by atoms with E-state index in [-0.39, 0.29) is 11.5 Å². The summed E-state index contributed by atoms with van der Waals surface area (Å²) in [6, 6.07) is 9.19. The van der Waals surface area contributed by atoms with E-state index >= 15 is 0 Å². The van der Waals surface area contributed by atoms with Gasteiger partial charge in [-0.15, -0.1) is 0 Å². The maximum Gasteiger partial charge on any atom is 0.252 e. The van der Waals surface area contributed by atoms with E-state index in [4.69, 9.17) is 23.2 Å². The van der Waals surface area contributed by atoms with Gasteiger partial charge in [-0.2, -0.15) is 0 Å². The Bertz CT molecular complexity index is 679. The highest BCUT2D eigenvalue weighted by Crippen LogP contribution is 2.21. The van der Waals surface area contributed by atoms with E-state index in [0.29, 0.717) is 27.5 Å². The summed E-state index contributed by atoms with van der Waals surface area (Å²) in [7, 11) is 0. The molecule has 0 spiro atoms. The summed E-state index contributed by atoms with van der Waals surface area (Å²) >= 11 is 15.1. The molecule has 0 aliphatic carbocycles. The summed E-state index contributed by atoms with van der Waals surface area (Å²) in [5, 5.41) is 3.86. The van der Waals surface area contributed by atoms with Gasteiger partial charge in [0, 0.05) is 21.1 Å². The molecule has 1 amide bonds. The highest BCUT2D eigenvalue weighted by molar-refractivity contribution is 9.10. The zero-order chi connectivity index (χ0) is 15.4. The van der Waals surface area contributed by atoms with Crippen molar-refractivity contribution in [2.45, 2.75) is 6.42 Å². The average Bonchev–Trinajstić information content (AvgIpc) is 2.43. The van der Waals surface area contributed by atoms with E-state index in [1.807, 2.05) is 6.07 Å². The normalized spacial score (nSPS) is 10.5. The summed E-state index contributed by atoms with van der Waals surface area (Å²) in [6.07, 6.45) is 0.564. The highest BCUT2D eigenvalue weighted by atomic mass is 79.9. The molecule has 0 saturated heterocycles. The van der Waals surface area contributed by atoms with E-state index in [2.05, 4.69) is 21.2 Å². The predicted molar refractivity (Wildman–Crippen MR) is 86.6 cm³/mol. The second-order valence-electron chi connectivity index (χ2n) is 4.37. The van der Waals surface area contributed by atoms with Gasteiger partial charge in [0.2, 0.25) is 0 Å². The van der Waals surface area contributed by atoms with Gasteiger partial charge in [-0.25, -0.2) is 4.39 Å². The molecule has 110 valence electrons. The van der Waals surface area contributed by atoms with Crippen molar-refractivity contribution in [3.05, 3.63) is 67.9 Å². The van der Waals surface area contributed by atoms with Crippen LogP contribution in [0.3, 0.4) is 0 Å². The van der Waals surface area contributed by atoms with Crippen molar-refractivity contribution < 1.29 is 9.18 Å². The number of hydrogen-bond donors (Lipinski definition) is 1. The van der Waals surface area contributed by atoms with Crippen molar-refractivity contribution in [1.82, 2.24) is 5.32 Å². The zero-order valence-electron chi connectivity index (χ0n) is 10.8. The Labute approximate surface area is 140 Å². The molecule has 0 heterocycles. The summed E-state index contributed by atoms with van der Waals surface area (Å²) in [6.45, 7) is 0.392. The molecule has 2 aromatic carbocycles. The fraction of sp³-hybridized carbons (Fsp3) is 0.133. The molecule has 2 nitrogen and oxygen atoms in total. The van der Waals surface area contributed by atoms with Gasteiger partial charge < -0.3 is 5.32 Å². The first-order valence-corrected chi connectivity index (χ1v) is 7.69. The summed E-state index contributed by atoms with van der Waals surface area (Å²) < 4.78 is 13.7. The number of halogens is 4. The molecule has 2 aromatic rings. The Morgan fingerprint density at radius 3 is 2.67 bits per heavy atom. The lowest BCUT2D eigenvalue weighted by Crippen LogP contribution is -2.26. The van der Waals surface area contributed by atoms with Gasteiger partial charge in [-0.05, 0) is 58.2 Å². The van der Waals surface area contributed by atoms with E-state index in [9.17, 15) is 9.18 Å². The van der Waals surface area contributed by atoms with Crippen LogP contribution in [0.1, 0.15) is 15.9 Å². The van der Waals surface area contributed by atoms with Crippen LogP contribution < -0.4 is 5.32 Å². The SMILES string of the molecule is O=C(NCCc1ccc(Cl)cc1Cl)c1cc(F)ccc1Br. The number of hydrogen-bond acceptors (Lipinski definition) is 1. The van der Waals surface area contributed by atoms with Crippen molar-refractivity contribution >= 4 is 45.0 Å². The molecule has 0 radical (unpaired) electrons. The third kappa shape index (κ3) is 4.43.